The van der Waals surface area contributed by atoms with Gasteiger partial charge in [0.1, 0.15) is 0 Å². The van der Waals surface area contributed by atoms with Crippen LogP contribution in [0.1, 0.15) is 19.3 Å². The van der Waals surface area contributed by atoms with Gasteiger partial charge >= 0.3 is 6.18 Å². The third-order valence-corrected chi connectivity index (χ3v) is 3.27. The molecule has 4 heteroatoms. The summed E-state index contributed by atoms with van der Waals surface area (Å²) >= 11 is 0. The molecular weight excluding hydrogens is 167 g/mol. The zero-order chi connectivity index (χ0) is 8.93. The molecule has 2 aliphatic heterocycles. The Kier molecular flexibility index (Phi) is 1.65. The summed E-state index contributed by atoms with van der Waals surface area (Å²) in [6.45, 7) is 0. The van der Waals surface area contributed by atoms with Gasteiger partial charge in [-0.05, 0) is 26.3 Å². The Morgan fingerprint density at radius 1 is 1.08 bits per heavy atom. The van der Waals surface area contributed by atoms with Gasteiger partial charge in [-0.15, -0.1) is 0 Å². The Bertz CT molecular complexity index is 177. The van der Waals surface area contributed by atoms with Crippen molar-refractivity contribution in [2.45, 2.75) is 37.5 Å². The molecule has 1 nitrogen and oxygen atoms in total. The number of hydrogen-bond acceptors (Lipinski definition) is 1. The van der Waals surface area contributed by atoms with E-state index in [1.807, 2.05) is 7.05 Å². The number of hydrogen-bond donors (Lipinski definition) is 0. The first kappa shape index (κ1) is 8.35. The molecule has 0 aromatic rings. The molecule has 3 rings (SSSR count). The van der Waals surface area contributed by atoms with Crippen molar-refractivity contribution in [1.82, 2.24) is 4.90 Å². The first-order valence-electron chi connectivity index (χ1n) is 4.27. The Morgan fingerprint density at radius 3 is 1.92 bits per heavy atom. The number of piperidine rings is 1. The highest BCUT2D eigenvalue weighted by Gasteiger charge is 2.51. The van der Waals surface area contributed by atoms with Crippen LogP contribution in [0.4, 0.5) is 13.2 Å². The van der Waals surface area contributed by atoms with Crippen molar-refractivity contribution in [2.75, 3.05) is 7.05 Å². The van der Waals surface area contributed by atoms with Crippen LogP contribution in [0.15, 0.2) is 0 Å². The molecule has 0 N–H and O–H groups in total. The third kappa shape index (κ3) is 1.13. The Morgan fingerprint density at radius 2 is 1.58 bits per heavy atom. The normalized spacial score (nSPS) is 42.5. The second-order valence-corrected chi connectivity index (χ2v) is 3.92. The molecule has 0 spiro atoms. The summed E-state index contributed by atoms with van der Waals surface area (Å²) in [5.41, 5.74) is 0. The highest BCUT2D eigenvalue weighted by Crippen LogP contribution is 2.46. The molecule has 2 atom stereocenters. The molecule has 70 valence electrons. The van der Waals surface area contributed by atoms with Crippen molar-refractivity contribution in [2.24, 2.45) is 5.92 Å². The largest absolute Gasteiger partial charge is 0.391 e. The van der Waals surface area contributed by atoms with E-state index >= 15 is 0 Å². The summed E-state index contributed by atoms with van der Waals surface area (Å²) in [6.07, 6.45) is -2.35. The number of alkyl halides is 3. The number of nitrogens with zero attached hydrogens (tertiary/aromatic N) is 1. The van der Waals surface area contributed by atoms with E-state index in [0.29, 0.717) is 12.8 Å². The fourth-order valence-corrected chi connectivity index (χ4v) is 2.35. The van der Waals surface area contributed by atoms with E-state index in [1.165, 1.54) is 0 Å². The SMILES string of the molecule is CN1C2CC1CC(C(F)(F)F)C2. The third-order valence-electron chi connectivity index (χ3n) is 3.27. The van der Waals surface area contributed by atoms with E-state index in [2.05, 4.69) is 4.90 Å². The van der Waals surface area contributed by atoms with Gasteiger partial charge in [-0.25, -0.2) is 0 Å². The van der Waals surface area contributed by atoms with E-state index in [0.717, 1.165) is 6.42 Å². The highest BCUT2D eigenvalue weighted by molar-refractivity contribution is 4.99. The maximum atomic E-state index is 12.2. The monoisotopic (exact) mass is 179 g/mol. The second kappa shape index (κ2) is 2.37. The van der Waals surface area contributed by atoms with Gasteiger partial charge in [0.05, 0.1) is 5.92 Å². The molecule has 2 bridgehead atoms. The molecular formula is C8H12F3N. The van der Waals surface area contributed by atoms with Gasteiger partial charge in [0.25, 0.3) is 0 Å². The molecule has 12 heavy (non-hydrogen) atoms. The average Bonchev–Trinajstić information content (AvgIpc) is 2.02. The second-order valence-electron chi connectivity index (χ2n) is 3.92. The van der Waals surface area contributed by atoms with Gasteiger partial charge in [0.2, 0.25) is 0 Å². The maximum absolute atomic E-state index is 12.2. The van der Waals surface area contributed by atoms with Crippen molar-refractivity contribution in [3.8, 4) is 0 Å². The lowest BCUT2D eigenvalue weighted by atomic mass is 9.74. The topological polar surface area (TPSA) is 3.24 Å². The zero-order valence-corrected chi connectivity index (χ0v) is 6.93. The lowest BCUT2D eigenvalue weighted by molar-refractivity contribution is -0.209. The van der Waals surface area contributed by atoms with Gasteiger partial charge in [-0.3, -0.25) is 0 Å². The fourth-order valence-electron chi connectivity index (χ4n) is 2.35. The van der Waals surface area contributed by atoms with Crippen molar-refractivity contribution >= 4 is 0 Å². The molecule has 0 radical (unpaired) electrons. The van der Waals surface area contributed by atoms with Crippen LogP contribution in [0.3, 0.4) is 0 Å². The Hall–Kier alpha value is -0.250. The summed E-state index contributed by atoms with van der Waals surface area (Å²) in [6, 6.07) is 0.408. The van der Waals surface area contributed by atoms with E-state index in [1.54, 1.807) is 0 Å². The van der Waals surface area contributed by atoms with Crippen LogP contribution in [-0.4, -0.2) is 30.2 Å². The van der Waals surface area contributed by atoms with Gasteiger partial charge in [-0.2, -0.15) is 13.2 Å². The zero-order valence-electron chi connectivity index (χ0n) is 6.93. The van der Waals surface area contributed by atoms with Gasteiger partial charge < -0.3 is 4.90 Å². The first-order chi connectivity index (χ1) is 5.48. The molecule has 1 aliphatic carbocycles. The summed E-state index contributed by atoms with van der Waals surface area (Å²) in [7, 11) is 1.92. The van der Waals surface area contributed by atoms with E-state index < -0.39 is 12.1 Å². The molecule has 3 aliphatic rings. The van der Waals surface area contributed by atoms with Crippen LogP contribution in [0, 0.1) is 5.92 Å². The van der Waals surface area contributed by atoms with Gasteiger partial charge in [0, 0.05) is 12.1 Å². The number of halogens is 3. The number of rotatable bonds is 0. The summed E-state index contributed by atoms with van der Waals surface area (Å²) < 4.78 is 36.7. The first-order valence-corrected chi connectivity index (χ1v) is 4.27. The molecule has 2 saturated heterocycles. The standard InChI is InChI=1S/C8H12F3N/c1-12-6-2-5(8(9,10)11)3-7(12)4-6/h5-7H,2-4H2,1H3. The minimum absolute atomic E-state index is 0.204. The van der Waals surface area contributed by atoms with Crippen molar-refractivity contribution in [3.05, 3.63) is 0 Å². The predicted molar refractivity (Wildman–Crippen MR) is 38.7 cm³/mol. The molecule has 2 unspecified atom stereocenters. The average molecular weight is 179 g/mol. The quantitative estimate of drug-likeness (QED) is 0.550. The van der Waals surface area contributed by atoms with E-state index in [-0.39, 0.29) is 12.1 Å². The van der Waals surface area contributed by atoms with Crippen LogP contribution in [0.2, 0.25) is 0 Å². The minimum Gasteiger partial charge on any atom is -0.300 e. The Labute approximate surface area is 69.5 Å². The van der Waals surface area contributed by atoms with Crippen LogP contribution in [0.25, 0.3) is 0 Å². The lowest BCUT2D eigenvalue weighted by Crippen LogP contribution is -2.60. The molecule has 0 amide bonds. The van der Waals surface area contributed by atoms with E-state index in [9.17, 15) is 13.2 Å². The van der Waals surface area contributed by atoms with Crippen molar-refractivity contribution < 1.29 is 13.2 Å². The lowest BCUT2D eigenvalue weighted by Gasteiger charge is -2.53. The van der Waals surface area contributed by atoms with Crippen molar-refractivity contribution in [3.63, 3.8) is 0 Å². The van der Waals surface area contributed by atoms with Gasteiger partial charge in [0.15, 0.2) is 0 Å². The summed E-state index contributed by atoms with van der Waals surface area (Å²) in [5, 5.41) is 0. The smallest absolute Gasteiger partial charge is 0.300 e. The molecule has 2 heterocycles. The predicted octanol–water partition coefficient (Wildman–Crippen LogP) is 2.03. The highest BCUT2D eigenvalue weighted by atomic mass is 19.4. The van der Waals surface area contributed by atoms with Crippen molar-refractivity contribution in [1.29, 1.82) is 0 Å². The van der Waals surface area contributed by atoms with Crippen LogP contribution in [-0.2, 0) is 0 Å². The maximum Gasteiger partial charge on any atom is 0.391 e. The van der Waals surface area contributed by atoms with Crippen LogP contribution >= 0.6 is 0 Å². The fraction of sp³-hybridized carbons (Fsp3) is 1.00. The van der Waals surface area contributed by atoms with Crippen LogP contribution < -0.4 is 0 Å². The molecule has 0 aromatic heterocycles. The molecule has 0 aromatic carbocycles. The summed E-state index contributed by atoms with van der Waals surface area (Å²) in [5.74, 6) is -1.03. The Balaban J connectivity index is 1.99. The van der Waals surface area contributed by atoms with E-state index in [4.69, 9.17) is 0 Å². The minimum atomic E-state index is -3.96. The molecule has 1 saturated carbocycles. The number of fused-ring (bicyclic) bond motifs is 2. The van der Waals surface area contributed by atoms with Crippen LogP contribution in [0.5, 0.6) is 0 Å². The molecule has 3 fully saturated rings. The van der Waals surface area contributed by atoms with Gasteiger partial charge in [-0.1, -0.05) is 0 Å². The summed E-state index contributed by atoms with van der Waals surface area (Å²) in [4.78, 5) is 2.07.